The number of amides is 1. The molecular formula is C20H19ClN4O2. The molecule has 6 rings (SSSR count). The second-order valence-corrected chi connectivity index (χ2v) is 7.71. The van der Waals surface area contributed by atoms with Gasteiger partial charge in [-0.1, -0.05) is 29.8 Å². The third-order valence-corrected chi connectivity index (χ3v) is 5.86. The summed E-state index contributed by atoms with van der Waals surface area (Å²) in [5, 5.41) is 10.0. The Labute approximate surface area is 161 Å². The number of piperidine rings is 1. The van der Waals surface area contributed by atoms with Gasteiger partial charge in [0.1, 0.15) is 5.65 Å². The number of carboxylic acid groups (broad SMARTS) is 1. The van der Waals surface area contributed by atoms with Crippen LogP contribution in [-0.4, -0.2) is 55.6 Å². The number of hydrogen-bond acceptors (Lipinski definition) is 3. The van der Waals surface area contributed by atoms with Gasteiger partial charge in [-0.25, -0.2) is 9.78 Å². The Kier molecular flexibility index (Phi) is 3.84. The molecule has 2 unspecified atom stereocenters. The monoisotopic (exact) mass is 382 g/mol. The van der Waals surface area contributed by atoms with E-state index in [-0.39, 0.29) is 12.1 Å². The molecule has 2 atom stereocenters. The molecule has 5 heterocycles. The van der Waals surface area contributed by atoms with Crippen LogP contribution in [0.25, 0.3) is 16.9 Å². The molecule has 2 aromatic heterocycles. The fourth-order valence-corrected chi connectivity index (χ4v) is 4.51. The van der Waals surface area contributed by atoms with Crippen molar-refractivity contribution in [3.05, 3.63) is 59.4 Å². The number of aromatic nitrogens is 2. The summed E-state index contributed by atoms with van der Waals surface area (Å²) in [6.07, 6.45) is 2.21. The first-order valence-corrected chi connectivity index (χ1v) is 9.43. The van der Waals surface area contributed by atoms with Crippen LogP contribution in [0.4, 0.5) is 4.79 Å². The van der Waals surface area contributed by atoms with E-state index in [9.17, 15) is 9.90 Å². The van der Waals surface area contributed by atoms with Gasteiger partial charge in [-0.15, -0.1) is 0 Å². The lowest BCUT2D eigenvalue weighted by molar-refractivity contribution is -0.0536. The fraction of sp³-hybridized carbons (Fsp3) is 0.300. The molecule has 0 radical (unpaired) electrons. The van der Waals surface area contributed by atoms with E-state index in [4.69, 9.17) is 16.6 Å². The summed E-state index contributed by atoms with van der Waals surface area (Å²) in [5.74, 6) is 0. The van der Waals surface area contributed by atoms with Gasteiger partial charge in [0.05, 0.1) is 23.5 Å². The van der Waals surface area contributed by atoms with E-state index in [1.807, 2.05) is 48.7 Å². The summed E-state index contributed by atoms with van der Waals surface area (Å²) in [6.45, 7) is 2.27. The first-order chi connectivity index (χ1) is 13.1. The van der Waals surface area contributed by atoms with Crippen molar-refractivity contribution in [2.75, 3.05) is 13.1 Å². The summed E-state index contributed by atoms with van der Waals surface area (Å²) < 4.78 is 2.12. The van der Waals surface area contributed by atoms with Crippen molar-refractivity contribution in [2.45, 2.75) is 25.0 Å². The Hall–Kier alpha value is -2.57. The van der Waals surface area contributed by atoms with Crippen LogP contribution in [0.15, 0.2) is 48.7 Å². The molecule has 2 bridgehead atoms. The topological polar surface area (TPSA) is 61.1 Å². The average Bonchev–Trinajstić information content (AvgIpc) is 3.00. The number of halogens is 1. The fourth-order valence-electron chi connectivity index (χ4n) is 4.39. The number of piperazine rings is 1. The predicted molar refractivity (Wildman–Crippen MR) is 103 cm³/mol. The Morgan fingerprint density at radius 2 is 1.89 bits per heavy atom. The Balaban J connectivity index is 1.48. The van der Waals surface area contributed by atoms with E-state index in [1.54, 1.807) is 4.90 Å². The first-order valence-electron chi connectivity index (χ1n) is 9.05. The van der Waals surface area contributed by atoms with Crippen LogP contribution in [-0.2, 0) is 6.54 Å². The molecule has 27 heavy (non-hydrogen) atoms. The van der Waals surface area contributed by atoms with Gasteiger partial charge in [0.2, 0.25) is 0 Å². The zero-order valence-electron chi connectivity index (χ0n) is 14.6. The zero-order valence-corrected chi connectivity index (χ0v) is 15.4. The molecule has 3 aliphatic rings. The Morgan fingerprint density at radius 3 is 2.59 bits per heavy atom. The van der Waals surface area contributed by atoms with Gasteiger partial charge in [0.15, 0.2) is 0 Å². The van der Waals surface area contributed by atoms with Gasteiger partial charge in [-0.05, 0) is 30.7 Å². The van der Waals surface area contributed by atoms with E-state index in [1.165, 1.54) is 0 Å². The molecular weight excluding hydrogens is 364 g/mol. The minimum atomic E-state index is -0.799. The number of pyridine rings is 1. The van der Waals surface area contributed by atoms with E-state index >= 15 is 0 Å². The van der Waals surface area contributed by atoms with Gasteiger partial charge in [-0.2, -0.15) is 0 Å². The van der Waals surface area contributed by atoms with Crippen molar-refractivity contribution in [1.82, 2.24) is 19.2 Å². The maximum absolute atomic E-state index is 11.3. The van der Waals surface area contributed by atoms with Crippen LogP contribution in [0.1, 0.15) is 12.1 Å². The SMILES string of the molecule is O=C(O)N1C2CC1CN(Cc1c(-c3ccc(Cl)cc3)nc3ccccn13)C2. The van der Waals surface area contributed by atoms with Crippen molar-refractivity contribution in [3.8, 4) is 11.3 Å². The van der Waals surface area contributed by atoms with Crippen LogP contribution in [0.5, 0.6) is 0 Å². The highest BCUT2D eigenvalue weighted by molar-refractivity contribution is 6.30. The number of hydrogen-bond donors (Lipinski definition) is 1. The highest BCUT2D eigenvalue weighted by atomic mass is 35.5. The molecule has 3 aliphatic heterocycles. The van der Waals surface area contributed by atoms with E-state index in [0.717, 1.165) is 48.7 Å². The number of rotatable bonds is 3. The van der Waals surface area contributed by atoms with Gasteiger partial charge < -0.3 is 9.51 Å². The molecule has 1 N–H and O–H groups in total. The largest absolute Gasteiger partial charge is 0.465 e. The first kappa shape index (κ1) is 16.6. The summed E-state index contributed by atoms with van der Waals surface area (Å²) in [6, 6.07) is 14.0. The van der Waals surface area contributed by atoms with Gasteiger partial charge in [0, 0.05) is 36.4 Å². The lowest BCUT2D eigenvalue weighted by atomic mass is 9.88. The quantitative estimate of drug-likeness (QED) is 0.752. The van der Waals surface area contributed by atoms with Gasteiger partial charge >= 0.3 is 6.09 Å². The third-order valence-electron chi connectivity index (χ3n) is 5.61. The van der Waals surface area contributed by atoms with Crippen LogP contribution in [0, 0.1) is 0 Å². The van der Waals surface area contributed by atoms with Crippen LogP contribution < -0.4 is 0 Å². The highest BCUT2D eigenvalue weighted by Gasteiger charge is 2.47. The predicted octanol–water partition coefficient (Wildman–Crippen LogP) is 3.59. The third kappa shape index (κ3) is 2.76. The van der Waals surface area contributed by atoms with Gasteiger partial charge in [0.25, 0.3) is 0 Å². The molecule has 138 valence electrons. The molecule has 1 aromatic carbocycles. The van der Waals surface area contributed by atoms with Gasteiger partial charge in [-0.3, -0.25) is 9.80 Å². The zero-order chi connectivity index (χ0) is 18.5. The minimum absolute atomic E-state index is 0.111. The second-order valence-electron chi connectivity index (χ2n) is 7.27. The van der Waals surface area contributed by atoms with E-state index in [2.05, 4.69) is 9.30 Å². The van der Waals surface area contributed by atoms with Crippen molar-refractivity contribution in [2.24, 2.45) is 0 Å². The van der Waals surface area contributed by atoms with Crippen molar-refractivity contribution >= 4 is 23.3 Å². The van der Waals surface area contributed by atoms with E-state index < -0.39 is 6.09 Å². The highest BCUT2D eigenvalue weighted by Crippen LogP contribution is 2.34. The molecule has 6 nitrogen and oxygen atoms in total. The maximum atomic E-state index is 11.3. The lowest BCUT2D eigenvalue weighted by Gasteiger charge is -2.54. The van der Waals surface area contributed by atoms with Crippen molar-refractivity contribution in [1.29, 1.82) is 0 Å². The molecule has 0 aliphatic carbocycles. The number of nitrogens with zero attached hydrogens (tertiary/aromatic N) is 4. The number of benzene rings is 1. The van der Waals surface area contributed by atoms with Crippen molar-refractivity contribution in [3.63, 3.8) is 0 Å². The van der Waals surface area contributed by atoms with Crippen LogP contribution in [0.3, 0.4) is 0 Å². The summed E-state index contributed by atoms with van der Waals surface area (Å²) in [5.41, 5.74) is 4.02. The maximum Gasteiger partial charge on any atom is 0.407 e. The molecule has 7 heteroatoms. The van der Waals surface area contributed by atoms with Crippen LogP contribution in [0.2, 0.25) is 5.02 Å². The summed E-state index contributed by atoms with van der Waals surface area (Å²) >= 11 is 6.05. The normalized spacial score (nSPS) is 22.0. The minimum Gasteiger partial charge on any atom is -0.465 e. The average molecular weight is 383 g/mol. The lowest BCUT2D eigenvalue weighted by Crippen LogP contribution is -2.69. The number of imidazole rings is 1. The Bertz CT molecular complexity index is 1000. The molecule has 3 aromatic rings. The summed E-state index contributed by atoms with van der Waals surface area (Å²) in [4.78, 5) is 20.1. The van der Waals surface area contributed by atoms with Crippen molar-refractivity contribution < 1.29 is 9.90 Å². The molecule has 3 saturated heterocycles. The van der Waals surface area contributed by atoms with Crippen LogP contribution >= 0.6 is 11.6 Å². The standard InChI is InChI=1S/C20H19ClN4O2/c21-14-6-4-13(5-7-14)19-17(24-8-2-1-3-18(24)22-19)12-23-10-15-9-16(11-23)25(15)20(26)27/h1-8,15-16H,9-12H2,(H,26,27). The number of fused-ring (bicyclic) bond motifs is 3. The number of carbonyl (C=O) groups is 1. The molecule has 0 spiro atoms. The summed E-state index contributed by atoms with van der Waals surface area (Å²) in [7, 11) is 0. The Morgan fingerprint density at radius 1 is 1.15 bits per heavy atom. The van der Waals surface area contributed by atoms with E-state index in [0.29, 0.717) is 5.02 Å². The molecule has 3 fully saturated rings. The smallest absolute Gasteiger partial charge is 0.407 e. The molecule has 1 amide bonds. The molecule has 0 saturated carbocycles. The second kappa shape index (κ2) is 6.25.